The third-order valence-corrected chi connectivity index (χ3v) is 3.13. The summed E-state index contributed by atoms with van der Waals surface area (Å²) in [6.45, 7) is 3.71. The second kappa shape index (κ2) is 6.67. The lowest BCUT2D eigenvalue weighted by atomic mass is 10.1. The number of aliphatic carboxylic acids is 1. The normalized spacial score (nSPS) is 21.5. The molecule has 0 spiro atoms. The highest BCUT2D eigenvalue weighted by Crippen LogP contribution is 2.22. The van der Waals surface area contributed by atoms with Crippen LogP contribution in [0.3, 0.4) is 0 Å². The van der Waals surface area contributed by atoms with Crippen LogP contribution in [0, 0.1) is 5.92 Å². The van der Waals surface area contributed by atoms with E-state index in [0.29, 0.717) is 0 Å². The molecule has 8 heteroatoms. The van der Waals surface area contributed by atoms with E-state index < -0.39 is 18.0 Å². The van der Waals surface area contributed by atoms with E-state index in [-0.39, 0.29) is 44.0 Å². The molecule has 1 aliphatic rings. The highest BCUT2D eigenvalue weighted by atomic mass is 16.4. The minimum Gasteiger partial charge on any atom is -0.481 e. The summed E-state index contributed by atoms with van der Waals surface area (Å²) in [6, 6.07) is 0. The van der Waals surface area contributed by atoms with Crippen molar-refractivity contribution in [3.8, 4) is 0 Å². The first-order chi connectivity index (χ1) is 9.22. The van der Waals surface area contributed by atoms with Crippen LogP contribution in [0.2, 0.25) is 0 Å². The van der Waals surface area contributed by atoms with Gasteiger partial charge in [-0.1, -0.05) is 13.8 Å². The number of rotatable bonds is 7. The van der Waals surface area contributed by atoms with Crippen molar-refractivity contribution in [2.45, 2.75) is 32.5 Å². The first kappa shape index (κ1) is 16.4. The van der Waals surface area contributed by atoms with Crippen LogP contribution in [-0.2, 0) is 14.4 Å². The van der Waals surface area contributed by atoms with Crippen LogP contribution < -0.4 is 5.73 Å². The number of hydrogen-bond donors (Lipinski definition) is 3. The molecule has 0 aromatic rings. The van der Waals surface area contributed by atoms with Crippen molar-refractivity contribution in [3.63, 3.8) is 0 Å². The van der Waals surface area contributed by atoms with Gasteiger partial charge in [-0.2, -0.15) is 0 Å². The molecule has 0 aromatic heterocycles. The molecule has 0 radical (unpaired) electrons. The second-order valence-corrected chi connectivity index (χ2v) is 5.33. The monoisotopic (exact) mass is 287 g/mol. The SMILES string of the molecule is CC(C)C1N(CC(O)CC(=O)O)CC(=O)N1CC(N)=O. The fourth-order valence-electron chi connectivity index (χ4n) is 2.54. The summed E-state index contributed by atoms with van der Waals surface area (Å²) in [5.41, 5.74) is 5.13. The summed E-state index contributed by atoms with van der Waals surface area (Å²) in [5, 5.41) is 18.3. The molecule has 20 heavy (non-hydrogen) atoms. The van der Waals surface area contributed by atoms with Gasteiger partial charge >= 0.3 is 5.97 Å². The van der Waals surface area contributed by atoms with Gasteiger partial charge in [-0.15, -0.1) is 0 Å². The number of carboxylic acid groups (broad SMARTS) is 1. The first-order valence-electron chi connectivity index (χ1n) is 6.44. The molecule has 2 amide bonds. The van der Waals surface area contributed by atoms with E-state index in [0.717, 1.165) is 0 Å². The van der Waals surface area contributed by atoms with Crippen LogP contribution >= 0.6 is 0 Å². The number of carbonyl (C=O) groups excluding carboxylic acids is 2. The minimum atomic E-state index is -1.10. The average Bonchev–Trinajstić information content (AvgIpc) is 2.52. The lowest BCUT2D eigenvalue weighted by Crippen LogP contribution is -2.48. The highest BCUT2D eigenvalue weighted by molar-refractivity contribution is 5.86. The Bertz CT molecular complexity index is 399. The number of aliphatic hydroxyl groups excluding tert-OH is 1. The summed E-state index contributed by atoms with van der Waals surface area (Å²) in [7, 11) is 0. The minimum absolute atomic E-state index is 0.0258. The fraction of sp³-hybridized carbons (Fsp3) is 0.750. The zero-order chi connectivity index (χ0) is 15.4. The van der Waals surface area contributed by atoms with Gasteiger partial charge in [-0.05, 0) is 5.92 Å². The molecular weight excluding hydrogens is 266 g/mol. The van der Waals surface area contributed by atoms with Crippen LogP contribution in [0.15, 0.2) is 0 Å². The summed E-state index contributed by atoms with van der Waals surface area (Å²) < 4.78 is 0. The Kier molecular flexibility index (Phi) is 5.46. The molecule has 2 unspecified atom stereocenters. The average molecular weight is 287 g/mol. The highest BCUT2D eigenvalue weighted by Gasteiger charge is 2.40. The van der Waals surface area contributed by atoms with Gasteiger partial charge in [0.25, 0.3) is 0 Å². The van der Waals surface area contributed by atoms with Crippen LogP contribution in [0.5, 0.6) is 0 Å². The predicted molar refractivity (Wildman–Crippen MR) is 69.4 cm³/mol. The lowest BCUT2D eigenvalue weighted by Gasteiger charge is -2.33. The van der Waals surface area contributed by atoms with Gasteiger partial charge in [0.1, 0.15) is 6.54 Å². The van der Waals surface area contributed by atoms with Gasteiger partial charge < -0.3 is 20.8 Å². The maximum Gasteiger partial charge on any atom is 0.306 e. The smallest absolute Gasteiger partial charge is 0.306 e. The Hall–Kier alpha value is -1.67. The third kappa shape index (κ3) is 4.17. The molecule has 8 nitrogen and oxygen atoms in total. The van der Waals surface area contributed by atoms with Crippen molar-refractivity contribution in [1.82, 2.24) is 9.80 Å². The van der Waals surface area contributed by atoms with E-state index in [4.69, 9.17) is 10.8 Å². The molecule has 0 bridgehead atoms. The number of hydrogen-bond acceptors (Lipinski definition) is 5. The number of primary amides is 1. The molecule has 2 atom stereocenters. The molecular formula is C12H21N3O5. The van der Waals surface area contributed by atoms with Gasteiger partial charge in [-0.25, -0.2) is 0 Å². The maximum absolute atomic E-state index is 11.9. The summed E-state index contributed by atoms with van der Waals surface area (Å²) in [5.74, 6) is -1.92. The largest absolute Gasteiger partial charge is 0.481 e. The standard InChI is InChI=1S/C12H21N3O5/c1-7(2)12-14(4-8(16)3-11(19)20)6-10(18)15(12)5-9(13)17/h7-8,12,16H,3-6H2,1-2H3,(H2,13,17)(H,19,20). The summed E-state index contributed by atoms with van der Waals surface area (Å²) in [6.07, 6.45) is -1.81. The molecule has 0 saturated carbocycles. The summed E-state index contributed by atoms with van der Waals surface area (Å²) >= 11 is 0. The van der Waals surface area contributed by atoms with Crippen molar-refractivity contribution < 1.29 is 24.6 Å². The Morgan fingerprint density at radius 3 is 2.50 bits per heavy atom. The van der Waals surface area contributed by atoms with E-state index in [1.807, 2.05) is 13.8 Å². The molecule has 0 aromatic carbocycles. The Morgan fingerprint density at radius 2 is 2.05 bits per heavy atom. The number of nitrogens with two attached hydrogens (primary N) is 1. The fourth-order valence-corrected chi connectivity index (χ4v) is 2.54. The Morgan fingerprint density at radius 1 is 1.45 bits per heavy atom. The number of carboxylic acids is 1. The van der Waals surface area contributed by atoms with E-state index in [9.17, 15) is 19.5 Å². The van der Waals surface area contributed by atoms with E-state index in [1.54, 1.807) is 4.90 Å². The van der Waals surface area contributed by atoms with Crippen LogP contribution in [-0.4, -0.2) is 69.7 Å². The van der Waals surface area contributed by atoms with Crippen molar-refractivity contribution in [2.24, 2.45) is 11.7 Å². The second-order valence-electron chi connectivity index (χ2n) is 5.33. The molecule has 1 rings (SSSR count). The zero-order valence-corrected chi connectivity index (χ0v) is 11.7. The number of aliphatic hydroxyl groups is 1. The van der Waals surface area contributed by atoms with Crippen molar-refractivity contribution in [1.29, 1.82) is 0 Å². The van der Waals surface area contributed by atoms with Crippen molar-refractivity contribution >= 4 is 17.8 Å². The quantitative estimate of drug-likeness (QED) is 0.520. The van der Waals surface area contributed by atoms with Crippen LogP contribution in [0.25, 0.3) is 0 Å². The van der Waals surface area contributed by atoms with Crippen molar-refractivity contribution in [3.05, 3.63) is 0 Å². The molecule has 1 heterocycles. The van der Waals surface area contributed by atoms with Crippen LogP contribution in [0.1, 0.15) is 20.3 Å². The number of amides is 2. The van der Waals surface area contributed by atoms with Crippen LogP contribution in [0.4, 0.5) is 0 Å². The molecule has 1 aliphatic heterocycles. The zero-order valence-electron chi connectivity index (χ0n) is 11.7. The maximum atomic E-state index is 11.9. The first-order valence-corrected chi connectivity index (χ1v) is 6.44. The van der Waals surface area contributed by atoms with Gasteiger partial charge in [0.15, 0.2) is 0 Å². The molecule has 114 valence electrons. The van der Waals surface area contributed by atoms with Crippen molar-refractivity contribution in [2.75, 3.05) is 19.6 Å². The number of β-amino-alcohol motifs (C(OH)–C–C–N with tert-alkyl or cyclic N) is 1. The topological polar surface area (TPSA) is 124 Å². The molecule has 1 fully saturated rings. The molecule has 4 N–H and O–H groups in total. The van der Waals surface area contributed by atoms with E-state index in [2.05, 4.69) is 0 Å². The van der Waals surface area contributed by atoms with Gasteiger partial charge in [0, 0.05) is 6.54 Å². The molecule has 1 saturated heterocycles. The number of nitrogens with zero attached hydrogens (tertiary/aromatic N) is 2. The third-order valence-electron chi connectivity index (χ3n) is 3.13. The van der Waals surface area contributed by atoms with Gasteiger partial charge in [0.05, 0.1) is 25.2 Å². The Balaban J connectivity index is 2.78. The van der Waals surface area contributed by atoms with Gasteiger partial charge in [0.2, 0.25) is 11.8 Å². The van der Waals surface area contributed by atoms with E-state index >= 15 is 0 Å². The molecule has 0 aliphatic carbocycles. The van der Waals surface area contributed by atoms with E-state index in [1.165, 1.54) is 4.90 Å². The summed E-state index contributed by atoms with van der Waals surface area (Å²) in [4.78, 5) is 36.6. The Labute approximate surface area is 117 Å². The predicted octanol–water partition coefficient (Wildman–Crippen LogP) is -1.57. The number of carbonyl (C=O) groups is 3. The van der Waals surface area contributed by atoms with Gasteiger partial charge in [-0.3, -0.25) is 19.3 Å². The lowest BCUT2D eigenvalue weighted by molar-refractivity contribution is -0.139.